The number of ether oxygens (including phenoxy) is 3. The molecular weight excluding hydrogens is 720 g/mol. The molecule has 3 aliphatic heterocycles. The van der Waals surface area contributed by atoms with Gasteiger partial charge in [-0.3, -0.25) is 9.59 Å². The van der Waals surface area contributed by atoms with E-state index in [1.165, 1.54) is 26.0 Å². The summed E-state index contributed by atoms with van der Waals surface area (Å²) in [4.78, 5) is 40.7. The number of allylic oxidation sites excluding steroid dienone is 4. The average Bonchev–Trinajstić information content (AvgIpc) is 3.14. The van der Waals surface area contributed by atoms with Gasteiger partial charge in [-0.15, -0.1) is 0 Å². The predicted molar refractivity (Wildman–Crippen MR) is 212 cm³/mol. The van der Waals surface area contributed by atoms with Gasteiger partial charge in [0.25, 0.3) is 0 Å². The number of carbonyl (C=O) groups excluding carboxylic acids is 3. The average molecular weight is 793 g/mol. The predicted octanol–water partition coefficient (Wildman–Crippen LogP) is 4.61. The van der Waals surface area contributed by atoms with E-state index in [0.717, 1.165) is 6.42 Å². The molecule has 2 fully saturated rings. The van der Waals surface area contributed by atoms with Crippen molar-refractivity contribution < 1.29 is 59.2 Å². The van der Waals surface area contributed by atoms with Crippen molar-refractivity contribution in [3.05, 3.63) is 36.5 Å². The van der Waals surface area contributed by atoms with Crippen molar-refractivity contribution in [2.45, 2.75) is 174 Å². The molecule has 6 N–H and O–H groups in total. The second kappa shape index (κ2) is 20.6. The minimum Gasteiger partial charge on any atom is -0.458 e. The van der Waals surface area contributed by atoms with Gasteiger partial charge >= 0.3 is 5.97 Å². The molecule has 12 nitrogen and oxygen atoms in total. The van der Waals surface area contributed by atoms with Crippen molar-refractivity contribution in [1.82, 2.24) is 0 Å². The second-order valence-electron chi connectivity index (χ2n) is 17.7. The molecule has 3 rings (SSSR count). The number of rotatable bonds is 3. The maximum atomic E-state index is 14.0. The zero-order chi connectivity index (χ0) is 42.3. The zero-order valence-electron chi connectivity index (χ0n) is 35.3. The lowest BCUT2D eigenvalue weighted by atomic mass is 9.74. The molecule has 2 bridgehead atoms. The number of hydrogen-bond donors (Lipinski definition) is 6. The zero-order valence-corrected chi connectivity index (χ0v) is 35.3. The molecule has 18 atom stereocenters. The number of carbonyl (C=O) groups is 3. The topological polar surface area (TPSA) is 200 Å². The van der Waals surface area contributed by atoms with E-state index in [9.17, 15) is 45.0 Å². The molecule has 0 amide bonds. The van der Waals surface area contributed by atoms with Crippen LogP contribution in [0, 0.1) is 47.3 Å². The van der Waals surface area contributed by atoms with Gasteiger partial charge in [0.05, 0.1) is 48.6 Å². The summed E-state index contributed by atoms with van der Waals surface area (Å²) in [6, 6.07) is 0. The Morgan fingerprint density at radius 1 is 0.821 bits per heavy atom. The first kappa shape index (κ1) is 48.1. The number of ketones is 2. The summed E-state index contributed by atoms with van der Waals surface area (Å²) in [6.45, 7) is 17.2. The largest absolute Gasteiger partial charge is 0.458 e. The number of Topliss-reactive ketones (excluding diaryl/α,β-unsaturated/α-hetero) is 2. The Balaban J connectivity index is 2.00. The van der Waals surface area contributed by atoms with Gasteiger partial charge in [-0.1, -0.05) is 85.8 Å². The van der Waals surface area contributed by atoms with Crippen LogP contribution in [-0.2, 0) is 28.6 Å². The molecule has 56 heavy (non-hydrogen) atoms. The Hall–Kier alpha value is -2.29. The highest BCUT2D eigenvalue weighted by atomic mass is 16.7. The number of aliphatic hydroxyl groups excluding tert-OH is 5. The SMILES string of the molecule is CCC1/C=C/C=C/CC(C)C(O)C(C)(O)C(=O)CC(O)C(C)C(O)C(C)C(O)C(C)/C=C/C(=O)OC2C(C)C(CC1)OC1(OC(CC(C)O)C(C)CC1=O)C2C. The van der Waals surface area contributed by atoms with E-state index in [1.54, 1.807) is 34.6 Å². The summed E-state index contributed by atoms with van der Waals surface area (Å²) in [5.41, 5.74) is -2.15. The van der Waals surface area contributed by atoms with Crippen LogP contribution in [0.15, 0.2) is 36.5 Å². The van der Waals surface area contributed by atoms with Crippen LogP contribution in [0.5, 0.6) is 0 Å². The van der Waals surface area contributed by atoms with E-state index in [1.807, 2.05) is 32.1 Å². The molecule has 0 aromatic heterocycles. The first-order valence-corrected chi connectivity index (χ1v) is 20.9. The second-order valence-corrected chi connectivity index (χ2v) is 17.7. The molecule has 18 unspecified atom stereocenters. The lowest BCUT2D eigenvalue weighted by Gasteiger charge is -2.54. The highest BCUT2D eigenvalue weighted by Crippen LogP contribution is 2.47. The van der Waals surface area contributed by atoms with Crippen LogP contribution in [0.1, 0.15) is 114 Å². The van der Waals surface area contributed by atoms with Gasteiger partial charge in [0.1, 0.15) is 11.7 Å². The van der Waals surface area contributed by atoms with Crippen molar-refractivity contribution in [3.63, 3.8) is 0 Å². The van der Waals surface area contributed by atoms with Crippen molar-refractivity contribution in [2.75, 3.05) is 0 Å². The Morgan fingerprint density at radius 3 is 2.11 bits per heavy atom. The molecule has 0 aromatic rings. The molecule has 1 spiro atoms. The number of fused-ring (bicyclic) bond motifs is 2. The summed E-state index contributed by atoms with van der Waals surface area (Å²) in [5.74, 6) is -7.17. The maximum Gasteiger partial charge on any atom is 0.330 e. The van der Waals surface area contributed by atoms with Gasteiger partial charge in [-0.05, 0) is 63.7 Å². The van der Waals surface area contributed by atoms with Crippen molar-refractivity contribution in [1.29, 1.82) is 0 Å². The fourth-order valence-corrected chi connectivity index (χ4v) is 8.64. The van der Waals surface area contributed by atoms with Crippen LogP contribution in [0.4, 0.5) is 0 Å². The molecule has 12 heteroatoms. The monoisotopic (exact) mass is 793 g/mol. The summed E-state index contributed by atoms with van der Waals surface area (Å²) in [7, 11) is 0. The van der Waals surface area contributed by atoms with Gasteiger partial charge in [-0.2, -0.15) is 0 Å². The van der Waals surface area contributed by atoms with Crippen LogP contribution in [0.25, 0.3) is 0 Å². The van der Waals surface area contributed by atoms with Gasteiger partial charge < -0.3 is 44.8 Å². The van der Waals surface area contributed by atoms with Crippen LogP contribution in [0.3, 0.4) is 0 Å². The summed E-state index contributed by atoms with van der Waals surface area (Å²) >= 11 is 0. The first-order chi connectivity index (χ1) is 26.1. The normalized spacial score (nSPS) is 46.8. The standard InChI is InChI=1S/C44H72O12/c1-11-32-16-14-12-13-15-25(3)42(52)43(10,53)36(47)23-33(46)28(6)40(51)30(8)39(50)24(2)17-20-38(49)54-41-29(7)34(19-18-32)55-44(31(41)9)37(48)21-26(4)35(56-44)22-27(5)45/h12-14,16-17,20,24-35,39-42,45-46,50-53H,11,15,18-19,21-23H2,1-10H3/b13-12+,16-14+,20-17+. The Labute approximate surface area is 334 Å². The van der Waals surface area contributed by atoms with E-state index < -0.39 is 108 Å². The molecule has 0 saturated carbocycles. The van der Waals surface area contributed by atoms with Crippen molar-refractivity contribution >= 4 is 17.5 Å². The highest BCUT2D eigenvalue weighted by molar-refractivity contribution is 5.88. The maximum absolute atomic E-state index is 14.0. The first-order valence-electron chi connectivity index (χ1n) is 20.9. The van der Waals surface area contributed by atoms with Crippen LogP contribution in [-0.4, -0.2) is 108 Å². The molecule has 3 heterocycles. The molecule has 0 aromatic carbocycles. The van der Waals surface area contributed by atoms with E-state index in [2.05, 4.69) is 13.0 Å². The van der Waals surface area contributed by atoms with Gasteiger partial charge in [0.2, 0.25) is 5.79 Å². The van der Waals surface area contributed by atoms with Gasteiger partial charge in [0.15, 0.2) is 11.6 Å². The molecule has 320 valence electrons. The summed E-state index contributed by atoms with van der Waals surface area (Å²) < 4.78 is 19.4. The Morgan fingerprint density at radius 2 is 1.48 bits per heavy atom. The summed E-state index contributed by atoms with van der Waals surface area (Å²) in [5, 5.41) is 65.7. The third kappa shape index (κ3) is 11.5. The van der Waals surface area contributed by atoms with E-state index >= 15 is 0 Å². The lowest BCUT2D eigenvalue weighted by Crippen LogP contribution is -2.66. The van der Waals surface area contributed by atoms with Crippen LogP contribution < -0.4 is 0 Å². The molecule has 0 aliphatic carbocycles. The van der Waals surface area contributed by atoms with Crippen molar-refractivity contribution in [3.8, 4) is 0 Å². The van der Waals surface area contributed by atoms with Crippen molar-refractivity contribution in [2.24, 2.45) is 47.3 Å². The Kier molecular flexibility index (Phi) is 17.7. The minimum atomic E-state index is -2.15. The minimum absolute atomic E-state index is 0.142. The number of aliphatic hydroxyl groups is 6. The number of esters is 1. The fourth-order valence-electron chi connectivity index (χ4n) is 8.64. The quantitative estimate of drug-likeness (QED) is 0.217. The summed E-state index contributed by atoms with van der Waals surface area (Å²) in [6.07, 6.45) is 5.23. The number of hydrogen-bond acceptors (Lipinski definition) is 12. The van der Waals surface area contributed by atoms with Gasteiger partial charge in [-0.25, -0.2) is 4.79 Å². The fraction of sp³-hybridized carbons (Fsp3) is 0.795. The van der Waals surface area contributed by atoms with Crippen LogP contribution >= 0.6 is 0 Å². The third-order valence-electron chi connectivity index (χ3n) is 13.1. The lowest BCUT2D eigenvalue weighted by molar-refractivity contribution is -0.344. The Bertz CT molecular complexity index is 1390. The van der Waals surface area contributed by atoms with E-state index in [0.29, 0.717) is 25.7 Å². The van der Waals surface area contributed by atoms with Crippen LogP contribution in [0.2, 0.25) is 0 Å². The smallest absolute Gasteiger partial charge is 0.330 e. The third-order valence-corrected chi connectivity index (χ3v) is 13.1. The highest BCUT2D eigenvalue weighted by Gasteiger charge is 2.60. The van der Waals surface area contributed by atoms with E-state index in [-0.39, 0.29) is 30.0 Å². The van der Waals surface area contributed by atoms with E-state index in [4.69, 9.17) is 14.2 Å². The molecule has 0 radical (unpaired) electrons. The van der Waals surface area contributed by atoms with Gasteiger partial charge in [0, 0.05) is 42.6 Å². The molecule has 3 aliphatic rings. The molecular formula is C44H72O12. The molecule has 2 saturated heterocycles.